The van der Waals surface area contributed by atoms with Crippen LogP contribution in [0, 0.1) is 10.1 Å². The van der Waals surface area contributed by atoms with Gasteiger partial charge < -0.3 is 5.43 Å². The normalized spacial score (nSPS) is 12.9. The van der Waals surface area contributed by atoms with Crippen LogP contribution in [0.1, 0.15) is 13.3 Å². The van der Waals surface area contributed by atoms with E-state index in [1.165, 1.54) is 12.1 Å². The van der Waals surface area contributed by atoms with E-state index in [0.717, 1.165) is 11.8 Å². The molecule has 0 amide bonds. The van der Waals surface area contributed by atoms with Crippen molar-refractivity contribution >= 4 is 33.2 Å². The Hall–Kier alpha value is -1.36. The second kappa shape index (κ2) is 7.59. The second-order valence-electron chi connectivity index (χ2n) is 4.38. The van der Waals surface area contributed by atoms with Crippen LogP contribution in [-0.2, 0) is 10.0 Å². The Bertz CT molecular complexity index is 606. The molecule has 10 heteroatoms. The second-order valence-corrected chi connectivity index (χ2v) is 7.08. The number of anilines is 1. The molecule has 0 aliphatic carbocycles. The standard InChI is InChI=1S/C11H18N4O4S2/c1-8(5-6-20-2)14-21(18,19)9-3-4-10(13-12)11(7-9)15(16)17/h3-4,7-8,13-14H,5-6,12H2,1-2H3. The minimum absolute atomic E-state index is 0.0504. The fourth-order valence-electron chi connectivity index (χ4n) is 1.64. The summed E-state index contributed by atoms with van der Waals surface area (Å²) in [5.74, 6) is 5.98. The average molecular weight is 334 g/mol. The summed E-state index contributed by atoms with van der Waals surface area (Å²) in [5, 5.41) is 10.9. The molecule has 1 unspecified atom stereocenters. The van der Waals surface area contributed by atoms with E-state index in [2.05, 4.69) is 10.1 Å². The highest BCUT2D eigenvalue weighted by atomic mass is 32.2. The van der Waals surface area contributed by atoms with Crippen molar-refractivity contribution in [2.75, 3.05) is 17.4 Å². The van der Waals surface area contributed by atoms with Crippen LogP contribution in [-0.4, -0.2) is 31.4 Å². The molecule has 1 aromatic carbocycles. The molecule has 1 aromatic rings. The van der Waals surface area contributed by atoms with Crippen molar-refractivity contribution in [1.29, 1.82) is 0 Å². The summed E-state index contributed by atoms with van der Waals surface area (Å²) in [6.45, 7) is 1.75. The SMILES string of the molecule is CSCCC(C)NS(=O)(=O)c1ccc(NN)c([N+](=O)[O-])c1. The van der Waals surface area contributed by atoms with E-state index in [1.54, 1.807) is 18.7 Å². The highest BCUT2D eigenvalue weighted by Gasteiger charge is 2.22. The molecule has 0 aromatic heterocycles. The number of benzene rings is 1. The van der Waals surface area contributed by atoms with Crippen molar-refractivity contribution in [2.24, 2.45) is 5.84 Å². The topological polar surface area (TPSA) is 127 Å². The molecule has 4 N–H and O–H groups in total. The van der Waals surface area contributed by atoms with Gasteiger partial charge in [-0.2, -0.15) is 11.8 Å². The van der Waals surface area contributed by atoms with Crippen molar-refractivity contribution in [3.63, 3.8) is 0 Å². The molecule has 0 spiro atoms. The molecule has 1 atom stereocenters. The molecule has 1 rings (SSSR count). The fourth-order valence-corrected chi connectivity index (χ4v) is 3.53. The predicted octanol–water partition coefficient (Wildman–Crippen LogP) is 1.30. The third-order valence-electron chi connectivity index (χ3n) is 2.74. The largest absolute Gasteiger partial charge is 0.318 e. The van der Waals surface area contributed by atoms with Crippen LogP contribution in [0.5, 0.6) is 0 Å². The summed E-state index contributed by atoms with van der Waals surface area (Å²) in [6.07, 6.45) is 2.61. The number of hydrogen-bond donors (Lipinski definition) is 3. The molecule has 0 fully saturated rings. The van der Waals surface area contributed by atoms with Gasteiger partial charge in [0.15, 0.2) is 0 Å². The van der Waals surface area contributed by atoms with Crippen molar-refractivity contribution in [3.05, 3.63) is 28.3 Å². The monoisotopic (exact) mass is 334 g/mol. The van der Waals surface area contributed by atoms with Gasteiger partial charge in [0, 0.05) is 12.1 Å². The predicted molar refractivity (Wildman–Crippen MR) is 83.7 cm³/mol. The first-order chi connectivity index (χ1) is 9.81. The molecule has 0 saturated carbocycles. The zero-order chi connectivity index (χ0) is 16.0. The van der Waals surface area contributed by atoms with Gasteiger partial charge >= 0.3 is 0 Å². The first kappa shape index (κ1) is 17.7. The molecular formula is C11H18N4O4S2. The summed E-state index contributed by atoms with van der Waals surface area (Å²) >= 11 is 1.62. The number of nitro benzene ring substituents is 1. The van der Waals surface area contributed by atoms with Gasteiger partial charge in [-0.05, 0) is 37.5 Å². The summed E-state index contributed by atoms with van der Waals surface area (Å²) in [5.41, 5.74) is 1.82. The van der Waals surface area contributed by atoms with Crippen LogP contribution in [0.2, 0.25) is 0 Å². The van der Waals surface area contributed by atoms with Crippen LogP contribution in [0.4, 0.5) is 11.4 Å². The molecule has 21 heavy (non-hydrogen) atoms. The number of rotatable bonds is 8. The fraction of sp³-hybridized carbons (Fsp3) is 0.455. The maximum atomic E-state index is 12.2. The lowest BCUT2D eigenvalue weighted by molar-refractivity contribution is -0.384. The van der Waals surface area contributed by atoms with E-state index < -0.39 is 20.6 Å². The molecular weight excluding hydrogens is 316 g/mol. The third kappa shape index (κ3) is 4.84. The molecule has 0 heterocycles. The van der Waals surface area contributed by atoms with Crippen molar-refractivity contribution in [2.45, 2.75) is 24.3 Å². The number of hydrazine groups is 1. The lowest BCUT2D eigenvalue weighted by atomic mass is 10.3. The lowest BCUT2D eigenvalue weighted by Gasteiger charge is -2.14. The highest BCUT2D eigenvalue weighted by molar-refractivity contribution is 7.98. The summed E-state index contributed by atoms with van der Waals surface area (Å²) < 4.78 is 26.9. The number of nitrogens with one attached hydrogen (secondary N) is 2. The van der Waals surface area contributed by atoms with Crippen molar-refractivity contribution in [3.8, 4) is 0 Å². The van der Waals surface area contributed by atoms with Crippen molar-refractivity contribution in [1.82, 2.24) is 4.72 Å². The Labute approximate surface area is 127 Å². The van der Waals surface area contributed by atoms with Gasteiger partial charge in [0.1, 0.15) is 5.69 Å². The van der Waals surface area contributed by atoms with Crippen LogP contribution >= 0.6 is 11.8 Å². The summed E-state index contributed by atoms with van der Waals surface area (Å²) in [6, 6.07) is 3.26. The van der Waals surface area contributed by atoms with Crippen LogP contribution in [0.25, 0.3) is 0 Å². The van der Waals surface area contributed by atoms with Gasteiger partial charge in [-0.3, -0.25) is 16.0 Å². The molecule has 0 radical (unpaired) electrons. The summed E-state index contributed by atoms with van der Waals surface area (Å²) in [4.78, 5) is 10.1. The number of nitro groups is 1. The average Bonchev–Trinajstić information content (AvgIpc) is 2.43. The first-order valence-corrected chi connectivity index (χ1v) is 8.96. The van der Waals surface area contributed by atoms with Crippen LogP contribution in [0.15, 0.2) is 23.1 Å². The molecule has 0 aliphatic rings. The zero-order valence-electron chi connectivity index (χ0n) is 11.7. The van der Waals surface area contributed by atoms with Gasteiger partial charge in [-0.1, -0.05) is 0 Å². The Morgan fingerprint density at radius 3 is 2.67 bits per heavy atom. The molecule has 8 nitrogen and oxygen atoms in total. The maximum Gasteiger partial charge on any atom is 0.294 e. The minimum Gasteiger partial charge on any atom is -0.318 e. The Morgan fingerprint density at radius 1 is 1.48 bits per heavy atom. The smallest absolute Gasteiger partial charge is 0.294 e. The minimum atomic E-state index is -3.80. The number of thioether (sulfide) groups is 1. The van der Waals surface area contributed by atoms with Gasteiger partial charge in [0.2, 0.25) is 10.0 Å². The quantitative estimate of drug-likeness (QED) is 0.371. The molecule has 118 valence electrons. The number of hydrogen-bond acceptors (Lipinski definition) is 7. The Morgan fingerprint density at radius 2 is 2.14 bits per heavy atom. The number of nitrogen functional groups attached to an aromatic ring is 1. The van der Waals surface area contributed by atoms with E-state index in [4.69, 9.17) is 5.84 Å². The number of nitrogens with two attached hydrogens (primary N) is 1. The Balaban J connectivity index is 3.03. The number of sulfonamides is 1. The Kier molecular flexibility index (Phi) is 6.40. The first-order valence-electron chi connectivity index (χ1n) is 6.08. The molecule has 0 bridgehead atoms. The van der Waals surface area contributed by atoms with Crippen LogP contribution < -0.4 is 16.0 Å². The maximum absolute atomic E-state index is 12.2. The van der Waals surface area contributed by atoms with Gasteiger partial charge in [-0.25, -0.2) is 13.1 Å². The van der Waals surface area contributed by atoms with Crippen LogP contribution in [0.3, 0.4) is 0 Å². The van der Waals surface area contributed by atoms with E-state index >= 15 is 0 Å². The van der Waals surface area contributed by atoms with Crippen molar-refractivity contribution < 1.29 is 13.3 Å². The lowest BCUT2D eigenvalue weighted by Crippen LogP contribution is -2.33. The summed E-state index contributed by atoms with van der Waals surface area (Å²) in [7, 11) is -3.80. The van der Waals surface area contributed by atoms with E-state index in [-0.39, 0.29) is 16.6 Å². The van der Waals surface area contributed by atoms with E-state index in [9.17, 15) is 18.5 Å². The van der Waals surface area contributed by atoms with Gasteiger partial charge in [-0.15, -0.1) is 0 Å². The zero-order valence-corrected chi connectivity index (χ0v) is 13.3. The van der Waals surface area contributed by atoms with E-state index in [1.807, 2.05) is 6.26 Å². The third-order valence-corrected chi connectivity index (χ3v) is 4.97. The van der Waals surface area contributed by atoms with Gasteiger partial charge in [0.25, 0.3) is 5.69 Å². The number of nitrogens with zero attached hydrogens (tertiary/aromatic N) is 1. The molecule has 0 aliphatic heterocycles. The highest BCUT2D eigenvalue weighted by Crippen LogP contribution is 2.26. The molecule has 0 saturated heterocycles. The van der Waals surface area contributed by atoms with Gasteiger partial charge in [0.05, 0.1) is 9.82 Å². The van der Waals surface area contributed by atoms with E-state index in [0.29, 0.717) is 6.42 Å².